The molecule has 0 heterocycles. The first-order valence-corrected chi connectivity index (χ1v) is 7.52. The van der Waals surface area contributed by atoms with Crippen LogP contribution in [-0.2, 0) is 6.54 Å². The lowest BCUT2D eigenvalue weighted by Gasteiger charge is -2.16. The van der Waals surface area contributed by atoms with Gasteiger partial charge in [0.15, 0.2) is 0 Å². The van der Waals surface area contributed by atoms with E-state index in [0.29, 0.717) is 6.54 Å². The van der Waals surface area contributed by atoms with Gasteiger partial charge in [-0.05, 0) is 79.8 Å². The summed E-state index contributed by atoms with van der Waals surface area (Å²) in [5, 5.41) is 3.20. The molecule has 2 heteroatoms. The fraction of sp³-hybridized carbons (Fsp3) is 0.368. The summed E-state index contributed by atoms with van der Waals surface area (Å²) in [7, 11) is 0. The van der Waals surface area contributed by atoms with Gasteiger partial charge in [-0.1, -0.05) is 19.1 Å². The van der Waals surface area contributed by atoms with Crippen molar-refractivity contribution in [3.8, 4) is 11.1 Å². The van der Waals surface area contributed by atoms with E-state index in [1.165, 1.54) is 27.8 Å². The van der Waals surface area contributed by atoms with Crippen LogP contribution in [0.4, 0.5) is 4.39 Å². The van der Waals surface area contributed by atoms with Crippen molar-refractivity contribution in [3.05, 3.63) is 57.9 Å². The van der Waals surface area contributed by atoms with E-state index in [1.54, 1.807) is 6.07 Å². The number of aryl methyl sites for hydroxylation is 2. The molecule has 0 saturated carbocycles. The van der Waals surface area contributed by atoms with Crippen LogP contribution in [0, 0.1) is 33.5 Å². The Morgan fingerprint density at radius 3 is 2.14 bits per heavy atom. The van der Waals surface area contributed by atoms with Gasteiger partial charge in [0.2, 0.25) is 0 Å². The van der Waals surface area contributed by atoms with Gasteiger partial charge in [0.1, 0.15) is 5.82 Å². The smallest absolute Gasteiger partial charge is 0.127 e. The van der Waals surface area contributed by atoms with Crippen LogP contribution in [-0.4, -0.2) is 6.54 Å². The molecule has 2 rings (SSSR count). The van der Waals surface area contributed by atoms with E-state index in [2.05, 4.69) is 39.1 Å². The molecule has 0 bridgehead atoms. The van der Waals surface area contributed by atoms with Gasteiger partial charge in [-0.15, -0.1) is 0 Å². The summed E-state index contributed by atoms with van der Waals surface area (Å²) in [6.45, 7) is 12.0. The lowest BCUT2D eigenvalue weighted by Crippen LogP contribution is -2.13. The monoisotopic (exact) mass is 285 g/mol. The Kier molecular flexibility index (Phi) is 4.79. The summed E-state index contributed by atoms with van der Waals surface area (Å²) in [5.74, 6) is -0.139. The molecule has 0 amide bonds. The summed E-state index contributed by atoms with van der Waals surface area (Å²) in [6, 6.07) is 7.67. The average molecular weight is 285 g/mol. The second-order valence-electron chi connectivity index (χ2n) is 5.72. The normalized spacial score (nSPS) is 11.0. The number of halogens is 1. The van der Waals surface area contributed by atoms with E-state index < -0.39 is 0 Å². The van der Waals surface area contributed by atoms with E-state index >= 15 is 0 Å². The molecule has 0 aliphatic carbocycles. The van der Waals surface area contributed by atoms with E-state index in [-0.39, 0.29) is 5.82 Å². The third kappa shape index (κ3) is 3.16. The molecule has 0 spiro atoms. The van der Waals surface area contributed by atoms with E-state index in [1.807, 2.05) is 19.1 Å². The quantitative estimate of drug-likeness (QED) is 0.848. The summed E-state index contributed by atoms with van der Waals surface area (Å²) in [4.78, 5) is 0. The average Bonchev–Trinajstić information content (AvgIpc) is 2.45. The zero-order valence-electron chi connectivity index (χ0n) is 13.6. The summed E-state index contributed by atoms with van der Waals surface area (Å²) >= 11 is 0. The maximum atomic E-state index is 13.9. The Hall–Kier alpha value is -1.67. The molecule has 0 aliphatic heterocycles. The van der Waals surface area contributed by atoms with Gasteiger partial charge >= 0.3 is 0 Å². The van der Waals surface area contributed by atoms with Crippen LogP contribution < -0.4 is 5.32 Å². The van der Waals surface area contributed by atoms with Gasteiger partial charge in [0.05, 0.1) is 0 Å². The fourth-order valence-corrected chi connectivity index (χ4v) is 2.78. The molecular weight excluding hydrogens is 261 g/mol. The Labute approximate surface area is 127 Å². The minimum absolute atomic E-state index is 0.139. The van der Waals surface area contributed by atoms with Crippen LogP contribution in [0.3, 0.4) is 0 Å². The molecule has 2 aromatic carbocycles. The highest BCUT2D eigenvalue weighted by Crippen LogP contribution is 2.32. The third-order valence-electron chi connectivity index (χ3n) is 4.27. The van der Waals surface area contributed by atoms with Crippen LogP contribution in [0.25, 0.3) is 11.1 Å². The summed E-state index contributed by atoms with van der Waals surface area (Å²) in [5.41, 5.74) is 8.19. The second-order valence-corrected chi connectivity index (χ2v) is 5.72. The Balaban J connectivity index is 2.57. The molecule has 2 aromatic rings. The fourth-order valence-electron chi connectivity index (χ4n) is 2.78. The minimum atomic E-state index is -0.139. The summed E-state index contributed by atoms with van der Waals surface area (Å²) < 4.78 is 13.9. The molecule has 0 atom stereocenters. The van der Waals surface area contributed by atoms with Gasteiger partial charge in [0, 0.05) is 12.1 Å². The van der Waals surface area contributed by atoms with Gasteiger partial charge < -0.3 is 5.32 Å². The van der Waals surface area contributed by atoms with Gasteiger partial charge in [0.25, 0.3) is 0 Å². The highest BCUT2D eigenvalue weighted by molar-refractivity contribution is 5.73. The van der Waals surface area contributed by atoms with Gasteiger partial charge in [-0.2, -0.15) is 0 Å². The Morgan fingerprint density at radius 1 is 0.952 bits per heavy atom. The Morgan fingerprint density at radius 2 is 1.57 bits per heavy atom. The van der Waals surface area contributed by atoms with Crippen LogP contribution in [0.15, 0.2) is 24.3 Å². The van der Waals surface area contributed by atoms with Crippen molar-refractivity contribution in [3.63, 3.8) is 0 Å². The lowest BCUT2D eigenvalue weighted by molar-refractivity contribution is 0.593. The van der Waals surface area contributed by atoms with Crippen LogP contribution in [0.5, 0.6) is 0 Å². The van der Waals surface area contributed by atoms with Gasteiger partial charge in [-0.3, -0.25) is 0 Å². The van der Waals surface area contributed by atoms with Crippen molar-refractivity contribution in [2.75, 3.05) is 6.54 Å². The number of benzene rings is 2. The van der Waals surface area contributed by atoms with E-state index in [9.17, 15) is 4.39 Å². The topological polar surface area (TPSA) is 12.0 Å². The van der Waals surface area contributed by atoms with Crippen LogP contribution in [0.2, 0.25) is 0 Å². The number of hydrogen-bond acceptors (Lipinski definition) is 1. The van der Waals surface area contributed by atoms with Crippen molar-refractivity contribution >= 4 is 0 Å². The van der Waals surface area contributed by atoms with E-state index in [0.717, 1.165) is 17.7 Å². The standard InChI is InChI=1S/C19H24FN/c1-6-21-11-17-10-16(7-8-18(17)20)19-14(4)12(2)9-13(3)15(19)5/h7-10,21H,6,11H2,1-5H3. The van der Waals surface area contributed by atoms with Crippen molar-refractivity contribution in [1.29, 1.82) is 0 Å². The first-order chi connectivity index (χ1) is 9.95. The predicted molar refractivity (Wildman–Crippen MR) is 88.2 cm³/mol. The molecular formula is C19H24FN. The van der Waals surface area contributed by atoms with Crippen molar-refractivity contribution in [2.24, 2.45) is 0 Å². The Bertz CT molecular complexity index is 633. The van der Waals surface area contributed by atoms with Crippen molar-refractivity contribution < 1.29 is 4.39 Å². The summed E-state index contributed by atoms with van der Waals surface area (Å²) in [6.07, 6.45) is 0. The zero-order chi connectivity index (χ0) is 15.6. The van der Waals surface area contributed by atoms with Gasteiger partial charge in [-0.25, -0.2) is 4.39 Å². The second kappa shape index (κ2) is 6.40. The highest BCUT2D eigenvalue weighted by Gasteiger charge is 2.12. The van der Waals surface area contributed by atoms with Crippen LogP contribution >= 0.6 is 0 Å². The molecule has 1 N–H and O–H groups in total. The van der Waals surface area contributed by atoms with Crippen molar-refractivity contribution in [1.82, 2.24) is 5.32 Å². The zero-order valence-corrected chi connectivity index (χ0v) is 13.6. The van der Waals surface area contributed by atoms with E-state index in [4.69, 9.17) is 0 Å². The lowest BCUT2D eigenvalue weighted by atomic mass is 9.89. The van der Waals surface area contributed by atoms with Crippen molar-refractivity contribution in [2.45, 2.75) is 41.2 Å². The molecule has 0 aliphatic rings. The first-order valence-electron chi connectivity index (χ1n) is 7.52. The molecule has 21 heavy (non-hydrogen) atoms. The molecule has 0 radical (unpaired) electrons. The predicted octanol–water partition coefficient (Wildman–Crippen LogP) is 4.84. The molecule has 1 nitrogen and oxygen atoms in total. The SMILES string of the molecule is CCNCc1cc(-c2c(C)c(C)cc(C)c2C)ccc1F. The molecule has 0 saturated heterocycles. The minimum Gasteiger partial charge on any atom is -0.313 e. The van der Waals surface area contributed by atoms with Crippen LogP contribution in [0.1, 0.15) is 34.7 Å². The molecule has 112 valence electrons. The molecule has 0 aromatic heterocycles. The molecule has 0 unspecified atom stereocenters. The maximum absolute atomic E-state index is 13.9. The maximum Gasteiger partial charge on any atom is 0.127 e. The third-order valence-corrected chi connectivity index (χ3v) is 4.27. The number of rotatable bonds is 4. The molecule has 0 fully saturated rings. The number of hydrogen-bond donors (Lipinski definition) is 1. The number of nitrogens with one attached hydrogen (secondary N) is 1. The first kappa shape index (κ1) is 15.7. The largest absolute Gasteiger partial charge is 0.313 e. The highest BCUT2D eigenvalue weighted by atomic mass is 19.1.